The Morgan fingerprint density at radius 1 is 1.16 bits per heavy atom. The summed E-state index contributed by atoms with van der Waals surface area (Å²) in [7, 11) is 3.83. The van der Waals surface area contributed by atoms with Crippen molar-refractivity contribution >= 4 is 35.6 Å². The highest BCUT2D eigenvalue weighted by molar-refractivity contribution is 14.0. The van der Waals surface area contributed by atoms with E-state index in [0.717, 1.165) is 83.5 Å². The van der Waals surface area contributed by atoms with Crippen LogP contribution < -0.4 is 15.5 Å². The lowest BCUT2D eigenvalue weighted by Crippen LogP contribution is -2.46. The van der Waals surface area contributed by atoms with Crippen LogP contribution in [-0.2, 0) is 11.3 Å². The Bertz CT molecular complexity index is 670. The molecule has 2 N–H and O–H groups in total. The van der Waals surface area contributed by atoms with E-state index in [1.165, 1.54) is 0 Å². The van der Waals surface area contributed by atoms with Gasteiger partial charge in [0.05, 0.1) is 12.2 Å². The highest BCUT2D eigenvalue weighted by Gasteiger charge is 2.18. The molecule has 0 amide bonds. The van der Waals surface area contributed by atoms with Crippen LogP contribution in [0.15, 0.2) is 23.2 Å². The number of nitrogens with zero attached hydrogens (tertiary/aromatic N) is 4. The molecule has 184 valence electrons. The number of methoxy groups -OCH3 is 1. The number of halogens is 2. The zero-order valence-electron chi connectivity index (χ0n) is 20.2. The third-order valence-electron chi connectivity index (χ3n) is 5.61. The molecule has 1 aliphatic heterocycles. The van der Waals surface area contributed by atoms with Crippen LogP contribution in [0.4, 0.5) is 10.1 Å². The van der Waals surface area contributed by atoms with Crippen molar-refractivity contribution in [3.63, 3.8) is 0 Å². The van der Waals surface area contributed by atoms with Gasteiger partial charge in [0.1, 0.15) is 5.82 Å². The monoisotopic (exact) mass is 564 g/mol. The molecule has 0 unspecified atom stereocenters. The van der Waals surface area contributed by atoms with Crippen molar-refractivity contribution < 1.29 is 9.13 Å². The van der Waals surface area contributed by atoms with Crippen molar-refractivity contribution in [2.45, 2.75) is 26.8 Å². The summed E-state index contributed by atoms with van der Waals surface area (Å²) in [5.41, 5.74) is 1.58. The third kappa shape index (κ3) is 10.2. The van der Waals surface area contributed by atoms with Crippen molar-refractivity contribution in [1.82, 2.24) is 20.4 Å². The Morgan fingerprint density at radius 2 is 1.91 bits per heavy atom. The number of hydrogen-bond donors (Lipinski definition) is 2. The van der Waals surface area contributed by atoms with Crippen LogP contribution in [0.3, 0.4) is 0 Å². The quantitative estimate of drug-likeness (QED) is 0.176. The van der Waals surface area contributed by atoms with Crippen LogP contribution in [-0.4, -0.2) is 95.4 Å². The van der Waals surface area contributed by atoms with Crippen LogP contribution in [0.25, 0.3) is 0 Å². The lowest BCUT2D eigenvalue weighted by atomic mass is 10.1. The van der Waals surface area contributed by atoms with Gasteiger partial charge in [-0.05, 0) is 44.6 Å². The van der Waals surface area contributed by atoms with Gasteiger partial charge in [0.15, 0.2) is 5.96 Å². The van der Waals surface area contributed by atoms with E-state index in [1.807, 2.05) is 19.1 Å². The highest BCUT2D eigenvalue weighted by Crippen LogP contribution is 2.22. The topological polar surface area (TPSA) is 55.4 Å². The third-order valence-corrected chi connectivity index (χ3v) is 5.61. The van der Waals surface area contributed by atoms with Gasteiger partial charge >= 0.3 is 0 Å². The molecule has 1 heterocycles. The summed E-state index contributed by atoms with van der Waals surface area (Å²) in [6.45, 7) is 13.7. The molecule has 9 heteroatoms. The molecule has 1 aromatic rings. The van der Waals surface area contributed by atoms with E-state index in [0.29, 0.717) is 12.2 Å². The Balaban J connectivity index is 0.00000512. The van der Waals surface area contributed by atoms with E-state index in [1.54, 1.807) is 13.2 Å². The van der Waals surface area contributed by atoms with Crippen molar-refractivity contribution in [2.24, 2.45) is 4.99 Å². The fourth-order valence-electron chi connectivity index (χ4n) is 3.68. The average Bonchev–Trinajstić information content (AvgIpc) is 2.78. The molecule has 1 saturated heterocycles. The summed E-state index contributed by atoms with van der Waals surface area (Å²) in [5.74, 6) is 0.598. The molecule has 1 aliphatic rings. The first-order chi connectivity index (χ1) is 15.1. The van der Waals surface area contributed by atoms with Crippen LogP contribution in [0, 0.1) is 5.82 Å². The summed E-state index contributed by atoms with van der Waals surface area (Å²) < 4.78 is 19.9. The summed E-state index contributed by atoms with van der Waals surface area (Å²) >= 11 is 0. The minimum Gasteiger partial charge on any atom is -0.385 e. The van der Waals surface area contributed by atoms with Crippen LogP contribution in [0.5, 0.6) is 0 Å². The summed E-state index contributed by atoms with van der Waals surface area (Å²) in [6.07, 6.45) is 1.02. The van der Waals surface area contributed by atoms with Crippen molar-refractivity contribution in [2.75, 3.05) is 84.6 Å². The molecule has 1 fully saturated rings. The molecule has 0 bridgehead atoms. The molecular weight excluding hydrogens is 522 g/mol. The van der Waals surface area contributed by atoms with Gasteiger partial charge in [0.25, 0.3) is 0 Å². The van der Waals surface area contributed by atoms with E-state index >= 15 is 0 Å². The molecule has 1 aromatic carbocycles. The van der Waals surface area contributed by atoms with E-state index < -0.39 is 0 Å². The number of hydrogen-bond acceptors (Lipinski definition) is 5. The molecular formula is C23H42FIN6O. The molecule has 0 saturated carbocycles. The predicted molar refractivity (Wildman–Crippen MR) is 143 cm³/mol. The number of piperazine rings is 1. The molecule has 0 atom stereocenters. The fraction of sp³-hybridized carbons (Fsp3) is 0.696. The lowest BCUT2D eigenvalue weighted by molar-refractivity contribution is 0.180. The minimum atomic E-state index is -0.159. The number of nitrogens with one attached hydrogen (secondary N) is 2. The predicted octanol–water partition coefficient (Wildman–Crippen LogP) is 2.61. The number of anilines is 1. The Hall–Kier alpha value is -1.17. The number of ether oxygens (including phenoxy) is 1. The van der Waals surface area contributed by atoms with Gasteiger partial charge in [-0.2, -0.15) is 0 Å². The highest BCUT2D eigenvalue weighted by atomic mass is 127. The zero-order chi connectivity index (χ0) is 22.5. The Morgan fingerprint density at radius 3 is 2.53 bits per heavy atom. The number of guanidine groups is 1. The van der Waals surface area contributed by atoms with E-state index in [-0.39, 0.29) is 29.8 Å². The molecule has 32 heavy (non-hydrogen) atoms. The van der Waals surface area contributed by atoms with Crippen LogP contribution >= 0.6 is 24.0 Å². The second-order valence-corrected chi connectivity index (χ2v) is 7.98. The molecule has 0 aliphatic carbocycles. The van der Waals surface area contributed by atoms with Gasteiger partial charge in [-0.3, -0.25) is 0 Å². The fourth-order valence-corrected chi connectivity index (χ4v) is 3.68. The number of rotatable bonds is 12. The molecule has 0 aromatic heterocycles. The van der Waals surface area contributed by atoms with Crippen molar-refractivity contribution in [3.05, 3.63) is 29.6 Å². The first-order valence-electron chi connectivity index (χ1n) is 11.5. The summed E-state index contributed by atoms with van der Waals surface area (Å²) in [4.78, 5) is 11.4. The molecule has 0 spiro atoms. The van der Waals surface area contributed by atoms with Gasteiger partial charge < -0.3 is 30.1 Å². The summed E-state index contributed by atoms with van der Waals surface area (Å²) in [5, 5.41) is 6.62. The standard InChI is InChI=1S/C23H41FN6O.HI/c1-5-25-23(26-10-12-28(3)11-7-17-31-4)27-19-20-8-9-22(21(24)18-20)30-15-13-29(6-2)14-16-30;/h8-9,18H,5-7,10-17,19H2,1-4H3,(H2,25,26,27);1H. The number of aliphatic imine (C=N–C) groups is 1. The first-order valence-corrected chi connectivity index (χ1v) is 11.5. The smallest absolute Gasteiger partial charge is 0.191 e. The number of likely N-dealkylation sites (N-methyl/N-ethyl adjacent to an activating group) is 2. The maximum Gasteiger partial charge on any atom is 0.191 e. The van der Waals surface area contributed by atoms with Crippen molar-refractivity contribution in [1.29, 1.82) is 0 Å². The lowest BCUT2D eigenvalue weighted by Gasteiger charge is -2.35. The van der Waals surface area contributed by atoms with E-state index in [2.05, 4.69) is 44.3 Å². The van der Waals surface area contributed by atoms with Crippen LogP contribution in [0.2, 0.25) is 0 Å². The first kappa shape index (κ1) is 28.9. The van der Waals surface area contributed by atoms with Gasteiger partial charge in [-0.25, -0.2) is 9.38 Å². The van der Waals surface area contributed by atoms with Gasteiger partial charge in [0, 0.05) is 66.1 Å². The van der Waals surface area contributed by atoms with Gasteiger partial charge in [0.2, 0.25) is 0 Å². The second-order valence-electron chi connectivity index (χ2n) is 7.98. The number of benzene rings is 1. The zero-order valence-corrected chi connectivity index (χ0v) is 22.5. The van der Waals surface area contributed by atoms with Gasteiger partial charge in [-0.1, -0.05) is 13.0 Å². The Kier molecular flexibility index (Phi) is 14.8. The van der Waals surface area contributed by atoms with Gasteiger partial charge in [-0.15, -0.1) is 24.0 Å². The molecule has 2 rings (SSSR count). The Labute approximate surface area is 210 Å². The normalized spacial score (nSPS) is 15.1. The largest absolute Gasteiger partial charge is 0.385 e. The van der Waals surface area contributed by atoms with E-state index in [4.69, 9.17) is 4.74 Å². The van der Waals surface area contributed by atoms with Crippen molar-refractivity contribution in [3.8, 4) is 0 Å². The minimum absolute atomic E-state index is 0. The summed E-state index contributed by atoms with van der Waals surface area (Å²) in [6, 6.07) is 5.51. The van der Waals surface area contributed by atoms with E-state index in [9.17, 15) is 4.39 Å². The SMILES string of the molecule is CCNC(=NCc1ccc(N2CCN(CC)CC2)c(F)c1)NCCN(C)CCCOC.I. The van der Waals surface area contributed by atoms with Crippen LogP contribution in [0.1, 0.15) is 25.8 Å². The molecule has 0 radical (unpaired) electrons. The molecule has 7 nitrogen and oxygen atoms in total. The average molecular weight is 565 g/mol. The second kappa shape index (κ2) is 16.4. The maximum absolute atomic E-state index is 14.8. The maximum atomic E-state index is 14.8.